The van der Waals surface area contributed by atoms with E-state index in [2.05, 4.69) is 20.4 Å². The summed E-state index contributed by atoms with van der Waals surface area (Å²) in [5, 5.41) is 6.53. The van der Waals surface area contributed by atoms with E-state index in [-0.39, 0.29) is 17.3 Å². The molecule has 136 valence electrons. The number of nitrogens with zero attached hydrogens (tertiary/aromatic N) is 2. The Morgan fingerprint density at radius 1 is 1.15 bits per heavy atom. The number of aromatic nitrogens is 3. The van der Waals surface area contributed by atoms with Crippen molar-refractivity contribution in [3.8, 4) is 11.4 Å². The van der Waals surface area contributed by atoms with Crippen molar-refractivity contribution < 1.29 is 18.1 Å². The lowest BCUT2D eigenvalue weighted by atomic mass is 10.2. The monoisotopic (exact) mass is 368 g/mol. The minimum absolute atomic E-state index is 0.0347. The van der Waals surface area contributed by atoms with Gasteiger partial charge in [-0.3, -0.25) is 4.79 Å². The Hall–Kier alpha value is -3.55. The number of rotatable bonds is 3. The van der Waals surface area contributed by atoms with Gasteiger partial charge in [0.2, 0.25) is 0 Å². The molecule has 2 aromatic carbocycles. The van der Waals surface area contributed by atoms with Crippen LogP contribution in [0, 0.1) is 25.5 Å². The smallest absolute Gasteiger partial charge is 0.261 e. The van der Waals surface area contributed by atoms with E-state index in [0.29, 0.717) is 33.7 Å². The standard InChI is InChI=1S/C19H14F2N4O2/c1-9-17(10(2)27-25-9)19(26)22-12-4-6-15-16(8-12)24-18(23-15)13-7-11(20)3-5-14(13)21/h3-8H,1-2H3,(H,22,26)(H,23,24). The predicted octanol–water partition coefficient (Wildman–Crippen LogP) is 4.37. The number of anilines is 1. The maximum Gasteiger partial charge on any atom is 0.261 e. The van der Waals surface area contributed by atoms with E-state index in [4.69, 9.17) is 4.52 Å². The molecule has 0 aliphatic carbocycles. The van der Waals surface area contributed by atoms with Crippen molar-refractivity contribution in [1.29, 1.82) is 0 Å². The number of aryl methyl sites for hydroxylation is 2. The number of imidazole rings is 1. The molecule has 2 aromatic heterocycles. The summed E-state index contributed by atoms with van der Waals surface area (Å²) in [6.45, 7) is 3.34. The summed E-state index contributed by atoms with van der Waals surface area (Å²) < 4.78 is 32.4. The molecular formula is C19H14F2N4O2. The van der Waals surface area contributed by atoms with Crippen LogP contribution < -0.4 is 5.32 Å². The van der Waals surface area contributed by atoms with E-state index < -0.39 is 11.6 Å². The van der Waals surface area contributed by atoms with Gasteiger partial charge in [0.05, 0.1) is 22.3 Å². The number of carbonyl (C=O) groups is 1. The minimum Gasteiger partial charge on any atom is -0.361 e. The molecule has 0 saturated heterocycles. The molecule has 2 N–H and O–H groups in total. The van der Waals surface area contributed by atoms with Crippen LogP contribution in [0.2, 0.25) is 0 Å². The molecule has 0 aliphatic rings. The Bertz CT molecular complexity index is 1160. The summed E-state index contributed by atoms with van der Waals surface area (Å²) in [5.74, 6) is -0.851. The molecule has 0 bridgehead atoms. The van der Waals surface area contributed by atoms with Crippen molar-refractivity contribution in [2.24, 2.45) is 0 Å². The van der Waals surface area contributed by atoms with Crippen LogP contribution in [0.3, 0.4) is 0 Å². The molecule has 2 heterocycles. The molecule has 0 aliphatic heterocycles. The van der Waals surface area contributed by atoms with E-state index in [1.807, 2.05) is 0 Å². The largest absolute Gasteiger partial charge is 0.361 e. The fraction of sp³-hybridized carbons (Fsp3) is 0.105. The Labute approximate surface area is 152 Å². The Morgan fingerprint density at radius 2 is 1.96 bits per heavy atom. The number of nitrogens with one attached hydrogen (secondary N) is 2. The lowest BCUT2D eigenvalue weighted by Gasteiger charge is -2.04. The highest BCUT2D eigenvalue weighted by Crippen LogP contribution is 2.26. The molecule has 0 saturated carbocycles. The fourth-order valence-corrected chi connectivity index (χ4v) is 2.89. The van der Waals surface area contributed by atoms with E-state index in [1.165, 1.54) is 0 Å². The Balaban J connectivity index is 1.67. The number of aromatic amines is 1. The van der Waals surface area contributed by atoms with E-state index in [9.17, 15) is 13.6 Å². The summed E-state index contributed by atoms with van der Waals surface area (Å²) in [5.41, 5.74) is 2.56. The van der Waals surface area contributed by atoms with Gasteiger partial charge in [0.25, 0.3) is 5.91 Å². The third-order valence-electron chi connectivity index (χ3n) is 4.18. The number of halogens is 2. The van der Waals surface area contributed by atoms with Crippen molar-refractivity contribution >= 4 is 22.6 Å². The van der Waals surface area contributed by atoms with Crippen LogP contribution in [-0.4, -0.2) is 21.0 Å². The van der Waals surface area contributed by atoms with E-state index >= 15 is 0 Å². The molecule has 0 atom stereocenters. The van der Waals surface area contributed by atoms with Crippen molar-refractivity contribution in [3.05, 3.63) is 65.1 Å². The number of hydrogen-bond acceptors (Lipinski definition) is 4. The second kappa shape index (κ2) is 6.31. The number of amides is 1. The first-order valence-corrected chi connectivity index (χ1v) is 8.12. The van der Waals surface area contributed by atoms with Crippen LogP contribution >= 0.6 is 0 Å². The topological polar surface area (TPSA) is 83.8 Å². The second-order valence-corrected chi connectivity index (χ2v) is 6.09. The van der Waals surface area contributed by atoms with Crippen molar-refractivity contribution in [2.75, 3.05) is 5.32 Å². The summed E-state index contributed by atoms with van der Waals surface area (Å²) in [7, 11) is 0. The van der Waals surface area contributed by atoms with Gasteiger partial charge in [-0.1, -0.05) is 5.16 Å². The van der Waals surface area contributed by atoms with Crippen LogP contribution in [-0.2, 0) is 0 Å². The van der Waals surface area contributed by atoms with Crippen molar-refractivity contribution in [1.82, 2.24) is 15.1 Å². The highest BCUT2D eigenvalue weighted by Gasteiger charge is 2.18. The number of fused-ring (bicyclic) bond motifs is 1. The quantitative estimate of drug-likeness (QED) is 0.563. The molecule has 4 rings (SSSR count). The normalized spacial score (nSPS) is 11.1. The van der Waals surface area contributed by atoms with Crippen LogP contribution in [0.25, 0.3) is 22.4 Å². The zero-order chi connectivity index (χ0) is 19.1. The fourth-order valence-electron chi connectivity index (χ4n) is 2.89. The maximum atomic E-state index is 14.0. The lowest BCUT2D eigenvalue weighted by Crippen LogP contribution is -2.13. The number of H-pyrrole nitrogens is 1. The molecule has 0 fully saturated rings. The zero-order valence-corrected chi connectivity index (χ0v) is 14.4. The molecule has 1 amide bonds. The lowest BCUT2D eigenvalue weighted by molar-refractivity contribution is 0.102. The third kappa shape index (κ3) is 3.05. The second-order valence-electron chi connectivity index (χ2n) is 6.09. The van der Waals surface area contributed by atoms with Crippen molar-refractivity contribution in [3.63, 3.8) is 0 Å². The maximum absolute atomic E-state index is 14.0. The molecule has 4 aromatic rings. The Kier molecular flexibility index (Phi) is 3.95. The highest BCUT2D eigenvalue weighted by atomic mass is 19.1. The SMILES string of the molecule is Cc1noc(C)c1C(=O)Nc1ccc2nc(-c3cc(F)ccc3F)[nH]c2c1. The van der Waals surface area contributed by atoms with Crippen LogP contribution in [0.5, 0.6) is 0 Å². The van der Waals surface area contributed by atoms with E-state index in [0.717, 1.165) is 18.2 Å². The molecule has 0 radical (unpaired) electrons. The zero-order valence-electron chi connectivity index (χ0n) is 14.4. The molecule has 6 nitrogen and oxygen atoms in total. The van der Waals surface area contributed by atoms with Gasteiger partial charge in [-0.15, -0.1) is 0 Å². The van der Waals surface area contributed by atoms with Gasteiger partial charge in [-0.25, -0.2) is 13.8 Å². The highest BCUT2D eigenvalue weighted by molar-refractivity contribution is 6.06. The van der Waals surface area contributed by atoms with Crippen LogP contribution in [0.4, 0.5) is 14.5 Å². The molecule has 0 spiro atoms. The predicted molar refractivity (Wildman–Crippen MR) is 95.4 cm³/mol. The third-order valence-corrected chi connectivity index (χ3v) is 4.18. The first-order valence-electron chi connectivity index (χ1n) is 8.12. The molecule has 8 heteroatoms. The summed E-state index contributed by atoms with van der Waals surface area (Å²) in [6.07, 6.45) is 0. The molecule has 0 unspecified atom stereocenters. The summed E-state index contributed by atoms with van der Waals surface area (Å²) >= 11 is 0. The van der Waals surface area contributed by atoms with Crippen LogP contribution in [0.15, 0.2) is 40.9 Å². The molecule has 27 heavy (non-hydrogen) atoms. The average Bonchev–Trinajstić information content (AvgIpc) is 3.19. The van der Waals surface area contributed by atoms with E-state index in [1.54, 1.807) is 32.0 Å². The molecular weight excluding hydrogens is 354 g/mol. The van der Waals surface area contributed by atoms with Crippen molar-refractivity contribution in [2.45, 2.75) is 13.8 Å². The Morgan fingerprint density at radius 3 is 2.70 bits per heavy atom. The number of carbonyl (C=O) groups excluding carboxylic acids is 1. The van der Waals surface area contributed by atoms with Gasteiger partial charge in [0.15, 0.2) is 0 Å². The first-order chi connectivity index (χ1) is 12.9. The minimum atomic E-state index is -0.581. The average molecular weight is 368 g/mol. The number of hydrogen-bond donors (Lipinski definition) is 2. The summed E-state index contributed by atoms with van der Waals surface area (Å²) in [4.78, 5) is 19.7. The van der Waals surface area contributed by atoms with Gasteiger partial charge < -0.3 is 14.8 Å². The van der Waals surface area contributed by atoms with Gasteiger partial charge in [0.1, 0.15) is 28.8 Å². The van der Waals surface area contributed by atoms with Gasteiger partial charge in [-0.05, 0) is 50.2 Å². The first kappa shape index (κ1) is 16.9. The van der Waals surface area contributed by atoms with Gasteiger partial charge in [0, 0.05) is 5.69 Å². The van der Waals surface area contributed by atoms with Crippen LogP contribution in [0.1, 0.15) is 21.8 Å². The van der Waals surface area contributed by atoms with Gasteiger partial charge in [-0.2, -0.15) is 0 Å². The number of benzene rings is 2. The summed E-state index contributed by atoms with van der Waals surface area (Å²) in [6, 6.07) is 8.18. The van der Waals surface area contributed by atoms with Gasteiger partial charge >= 0.3 is 0 Å².